The summed E-state index contributed by atoms with van der Waals surface area (Å²) in [7, 11) is -5.33. The molecule has 0 spiro atoms. The van der Waals surface area contributed by atoms with E-state index in [1.165, 1.54) is 48.7 Å². The molecule has 156 valence electrons. The SMILES string of the molecule is CNCc1cc(-c2ccccc2F)n(S(=O)(=O)c2cccc(N[SH](=O)=O)c2)c1.Cl. The summed E-state index contributed by atoms with van der Waals surface area (Å²) in [6.45, 7) is 0.391. The number of halogens is 2. The molecule has 3 aromatic rings. The van der Waals surface area contributed by atoms with E-state index in [-0.39, 0.29) is 34.2 Å². The van der Waals surface area contributed by atoms with E-state index in [1.54, 1.807) is 19.2 Å². The summed E-state index contributed by atoms with van der Waals surface area (Å²) >= 11 is 0. The molecule has 0 amide bonds. The van der Waals surface area contributed by atoms with Gasteiger partial charge in [0.25, 0.3) is 10.0 Å². The standard InChI is InChI=1S/C18H18FN3O4S2.ClH/c1-20-11-13-9-18(16-7-2-3-8-17(16)19)22(12-13)28(25,26)15-6-4-5-14(10-15)21-27(23)24;/h2-10,12,20,27H,11H2,1H3,(H,21,23,24);1H. The highest BCUT2D eigenvalue weighted by molar-refractivity contribution is 7.90. The Labute approximate surface area is 176 Å². The second kappa shape index (κ2) is 9.40. The number of benzene rings is 2. The molecule has 2 N–H and O–H groups in total. The van der Waals surface area contributed by atoms with Crippen LogP contribution in [-0.2, 0) is 27.5 Å². The Bertz CT molecular complexity index is 1190. The van der Waals surface area contributed by atoms with Gasteiger partial charge in [0.2, 0.25) is 10.9 Å². The monoisotopic (exact) mass is 459 g/mol. The zero-order valence-corrected chi connectivity index (χ0v) is 17.7. The summed E-state index contributed by atoms with van der Waals surface area (Å²) in [6, 6.07) is 12.9. The lowest BCUT2D eigenvalue weighted by atomic mass is 10.1. The van der Waals surface area contributed by atoms with Crippen molar-refractivity contribution in [2.75, 3.05) is 11.8 Å². The topological polar surface area (TPSA) is 97.3 Å². The maximum atomic E-state index is 14.3. The lowest BCUT2D eigenvalue weighted by molar-refractivity contribution is 0.587. The predicted molar refractivity (Wildman–Crippen MR) is 113 cm³/mol. The average Bonchev–Trinajstić information content (AvgIpc) is 3.07. The summed E-state index contributed by atoms with van der Waals surface area (Å²) in [4.78, 5) is -0.126. The summed E-state index contributed by atoms with van der Waals surface area (Å²) < 4.78 is 65.7. The Kier molecular flexibility index (Phi) is 7.42. The normalized spacial score (nSPS) is 11.3. The van der Waals surface area contributed by atoms with Crippen LogP contribution < -0.4 is 10.0 Å². The van der Waals surface area contributed by atoms with Gasteiger partial charge in [0, 0.05) is 24.0 Å². The molecule has 0 unspecified atom stereocenters. The van der Waals surface area contributed by atoms with Crippen LogP contribution >= 0.6 is 12.4 Å². The van der Waals surface area contributed by atoms with E-state index >= 15 is 0 Å². The van der Waals surface area contributed by atoms with Crippen LogP contribution in [0.15, 0.2) is 65.7 Å². The molecule has 0 radical (unpaired) electrons. The van der Waals surface area contributed by atoms with Crippen molar-refractivity contribution in [3.8, 4) is 11.3 Å². The van der Waals surface area contributed by atoms with Gasteiger partial charge >= 0.3 is 0 Å². The van der Waals surface area contributed by atoms with Crippen molar-refractivity contribution < 1.29 is 21.2 Å². The lowest BCUT2D eigenvalue weighted by Crippen LogP contribution is -2.14. The summed E-state index contributed by atoms with van der Waals surface area (Å²) in [5.41, 5.74) is 1.09. The molecule has 3 rings (SSSR count). The molecule has 7 nitrogen and oxygen atoms in total. The van der Waals surface area contributed by atoms with Crippen molar-refractivity contribution in [3.05, 3.63) is 72.2 Å². The van der Waals surface area contributed by atoms with Gasteiger partial charge in [-0.2, -0.15) is 0 Å². The first-order valence-corrected chi connectivity index (χ1v) is 10.8. The Morgan fingerprint density at radius 1 is 1.07 bits per heavy atom. The number of hydrogen-bond donors (Lipinski definition) is 3. The number of hydrogen-bond acceptors (Lipinski definition) is 5. The first-order chi connectivity index (χ1) is 13.3. The molecule has 0 atom stereocenters. The zero-order valence-electron chi connectivity index (χ0n) is 15.2. The van der Waals surface area contributed by atoms with Crippen LogP contribution in [0.1, 0.15) is 5.56 Å². The molecule has 0 saturated carbocycles. The minimum atomic E-state index is -4.10. The van der Waals surface area contributed by atoms with Crippen LogP contribution in [0.3, 0.4) is 0 Å². The van der Waals surface area contributed by atoms with E-state index in [2.05, 4.69) is 10.0 Å². The fraction of sp³-hybridized carbons (Fsp3) is 0.111. The third-order valence-electron chi connectivity index (χ3n) is 3.98. The van der Waals surface area contributed by atoms with Gasteiger partial charge in [-0.25, -0.2) is 25.2 Å². The number of nitrogens with one attached hydrogen (secondary N) is 2. The van der Waals surface area contributed by atoms with Crippen molar-refractivity contribution in [2.45, 2.75) is 11.4 Å². The molecule has 29 heavy (non-hydrogen) atoms. The minimum absolute atomic E-state index is 0. The summed E-state index contributed by atoms with van der Waals surface area (Å²) in [6.07, 6.45) is 1.42. The van der Waals surface area contributed by atoms with Gasteiger partial charge in [-0.1, -0.05) is 18.2 Å². The number of aromatic nitrogens is 1. The molecule has 0 fully saturated rings. The van der Waals surface area contributed by atoms with Crippen LogP contribution in [0.5, 0.6) is 0 Å². The first-order valence-electron chi connectivity index (χ1n) is 8.20. The fourth-order valence-corrected chi connectivity index (χ4v) is 4.59. The van der Waals surface area contributed by atoms with Crippen molar-refractivity contribution in [2.24, 2.45) is 0 Å². The van der Waals surface area contributed by atoms with Crippen molar-refractivity contribution >= 4 is 39.0 Å². The van der Waals surface area contributed by atoms with E-state index in [0.717, 1.165) is 3.97 Å². The second-order valence-corrected chi connectivity index (χ2v) is 8.49. The van der Waals surface area contributed by atoms with E-state index < -0.39 is 26.7 Å². The van der Waals surface area contributed by atoms with Crippen LogP contribution in [0.25, 0.3) is 11.3 Å². The van der Waals surface area contributed by atoms with Crippen LogP contribution in [-0.4, -0.2) is 27.9 Å². The third kappa shape index (κ3) is 4.96. The van der Waals surface area contributed by atoms with Crippen LogP contribution in [0.2, 0.25) is 0 Å². The highest BCUT2D eigenvalue weighted by Crippen LogP contribution is 2.29. The van der Waals surface area contributed by atoms with E-state index in [9.17, 15) is 21.2 Å². The van der Waals surface area contributed by atoms with Gasteiger partial charge in [-0.3, -0.25) is 4.72 Å². The summed E-state index contributed by atoms with van der Waals surface area (Å²) in [5, 5.41) is 2.93. The molecule has 1 aromatic heterocycles. The lowest BCUT2D eigenvalue weighted by Gasteiger charge is -2.12. The molecule has 0 aliphatic carbocycles. The van der Waals surface area contributed by atoms with Gasteiger partial charge in [0.1, 0.15) is 5.82 Å². The average molecular weight is 460 g/mol. The summed E-state index contributed by atoms with van der Waals surface area (Å²) in [5.74, 6) is -0.549. The van der Waals surface area contributed by atoms with Gasteiger partial charge < -0.3 is 5.32 Å². The minimum Gasteiger partial charge on any atom is -0.316 e. The molecular formula is C18H19ClFN3O4S2. The Morgan fingerprint density at radius 3 is 2.45 bits per heavy atom. The zero-order chi connectivity index (χ0) is 20.3. The molecule has 2 aromatic carbocycles. The number of rotatable bonds is 7. The quantitative estimate of drug-likeness (QED) is 0.472. The fourth-order valence-electron chi connectivity index (χ4n) is 2.81. The van der Waals surface area contributed by atoms with Crippen LogP contribution in [0.4, 0.5) is 10.1 Å². The first kappa shape index (κ1) is 22.9. The highest BCUT2D eigenvalue weighted by atomic mass is 35.5. The number of thiol groups is 1. The molecule has 0 saturated heterocycles. The molecule has 0 aliphatic rings. The molecule has 11 heteroatoms. The Balaban J connectivity index is 0.00000300. The van der Waals surface area contributed by atoms with Crippen molar-refractivity contribution in [1.82, 2.24) is 9.29 Å². The van der Waals surface area contributed by atoms with E-state index in [1.807, 2.05) is 0 Å². The Morgan fingerprint density at radius 2 is 1.79 bits per heavy atom. The molecule has 1 heterocycles. The maximum absolute atomic E-state index is 14.3. The second-order valence-electron chi connectivity index (χ2n) is 5.94. The van der Waals surface area contributed by atoms with Gasteiger partial charge in [0.05, 0.1) is 10.6 Å². The molecular weight excluding hydrogens is 441 g/mol. The van der Waals surface area contributed by atoms with Gasteiger partial charge in [0.15, 0.2) is 0 Å². The largest absolute Gasteiger partial charge is 0.316 e. The molecule has 0 bridgehead atoms. The smallest absolute Gasteiger partial charge is 0.268 e. The third-order valence-corrected chi connectivity index (χ3v) is 6.09. The molecule has 0 aliphatic heterocycles. The Hall–Kier alpha value is -2.40. The van der Waals surface area contributed by atoms with Crippen molar-refractivity contribution in [1.29, 1.82) is 0 Å². The van der Waals surface area contributed by atoms with Crippen molar-refractivity contribution in [3.63, 3.8) is 0 Å². The van der Waals surface area contributed by atoms with Crippen LogP contribution in [0, 0.1) is 5.82 Å². The van der Waals surface area contributed by atoms with Gasteiger partial charge in [-0.15, -0.1) is 12.4 Å². The van der Waals surface area contributed by atoms with E-state index in [4.69, 9.17) is 0 Å². The highest BCUT2D eigenvalue weighted by Gasteiger charge is 2.23. The number of nitrogens with zero attached hydrogens (tertiary/aromatic N) is 1. The van der Waals surface area contributed by atoms with Gasteiger partial charge in [-0.05, 0) is 49.0 Å². The van der Waals surface area contributed by atoms with E-state index in [0.29, 0.717) is 12.1 Å². The number of anilines is 1. The predicted octanol–water partition coefficient (Wildman–Crippen LogP) is 2.61. The maximum Gasteiger partial charge on any atom is 0.268 e.